The van der Waals surface area contributed by atoms with Crippen LogP contribution in [-0.4, -0.2) is 42.2 Å². The molecule has 2 heterocycles. The van der Waals surface area contributed by atoms with Crippen LogP contribution in [0.5, 0.6) is 0 Å². The van der Waals surface area contributed by atoms with Gasteiger partial charge in [0.1, 0.15) is 0 Å². The van der Waals surface area contributed by atoms with Gasteiger partial charge < -0.3 is 23.2 Å². The topological polar surface area (TPSA) is 41.9 Å². The Kier molecular flexibility index (Phi) is 6.24. The minimum Gasteiger partial charge on any atom is -0.408 e. The summed E-state index contributed by atoms with van der Waals surface area (Å²) in [4.78, 5) is 0. The van der Waals surface area contributed by atoms with Crippen molar-refractivity contribution in [3.8, 4) is 0 Å². The Morgan fingerprint density at radius 2 is 1.52 bits per heavy atom. The van der Waals surface area contributed by atoms with Gasteiger partial charge in [-0.1, -0.05) is 31.2 Å². The van der Waals surface area contributed by atoms with Crippen LogP contribution in [0.1, 0.15) is 61.8 Å². The molecule has 2 aromatic carbocycles. The molecule has 0 amide bonds. The molecule has 0 saturated carbocycles. The van der Waals surface area contributed by atoms with Crippen molar-refractivity contribution in [2.75, 3.05) is 6.61 Å². The second kappa shape index (κ2) is 8.46. The molecule has 0 aliphatic carbocycles. The second-order valence-corrected chi connectivity index (χ2v) is 10.7. The highest BCUT2D eigenvalue weighted by Gasteiger charge is 2.51. The molecule has 1 saturated heterocycles. The molecule has 176 valence electrons. The molecular weight excluding hydrogens is 412 g/mol. The van der Waals surface area contributed by atoms with E-state index in [0.717, 1.165) is 28.4 Å². The Labute approximate surface area is 199 Å². The summed E-state index contributed by atoms with van der Waals surface area (Å²) >= 11 is 0. The van der Waals surface area contributed by atoms with Crippen LogP contribution in [-0.2, 0) is 25.7 Å². The molecule has 7 heteroatoms. The molecule has 1 aliphatic rings. The molecule has 0 bridgehead atoms. The zero-order valence-corrected chi connectivity index (χ0v) is 21.6. The number of nitrogens with zero attached hydrogens (tertiary/aromatic N) is 1. The van der Waals surface area contributed by atoms with Crippen LogP contribution in [0.25, 0.3) is 21.8 Å². The van der Waals surface area contributed by atoms with Crippen molar-refractivity contribution in [1.29, 1.82) is 0 Å². The molecule has 1 aliphatic heterocycles. The number of aryl methyl sites for hydroxylation is 1. The lowest BCUT2D eigenvalue weighted by Gasteiger charge is -2.32. The summed E-state index contributed by atoms with van der Waals surface area (Å²) in [6.45, 7) is 17.3. The number of rotatable bonds is 7. The van der Waals surface area contributed by atoms with Crippen LogP contribution < -0.4 is 10.9 Å². The summed E-state index contributed by atoms with van der Waals surface area (Å²) < 4.78 is 27.1. The third kappa shape index (κ3) is 4.37. The number of fused-ring (bicyclic) bond motifs is 3. The van der Waals surface area contributed by atoms with Gasteiger partial charge in [-0.25, -0.2) is 0 Å². The molecule has 4 rings (SSSR count). The fraction of sp³-hybridized carbons (Fsp3) is 0.538. The Bertz CT molecular complexity index is 1150. The zero-order chi connectivity index (χ0) is 24.2. The molecule has 0 N–H and O–H groups in total. The summed E-state index contributed by atoms with van der Waals surface area (Å²) in [5, 5.41) is 2.42. The predicted octanol–water partition coefficient (Wildman–Crippen LogP) is 4.57. The number of aromatic nitrogens is 1. The van der Waals surface area contributed by atoms with Gasteiger partial charge in [0.15, 0.2) is 0 Å². The van der Waals surface area contributed by atoms with E-state index in [9.17, 15) is 0 Å². The summed E-state index contributed by atoms with van der Waals surface area (Å²) in [6, 6.07) is 13.0. The van der Waals surface area contributed by atoms with E-state index in [-0.39, 0.29) is 23.9 Å². The Hall–Kier alpha value is -1.79. The van der Waals surface area contributed by atoms with Gasteiger partial charge in [-0.3, -0.25) is 0 Å². The Morgan fingerprint density at radius 3 is 2.09 bits per heavy atom. The van der Waals surface area contributed by atoms with Crippen LogP contribution in [0.3, 0.4) is 0 Å². The summed E-state index contributed by atoms with van der Waals surface area (Å²) in [5.41, 5.74) is 3.39. The first-order valence-electron chi connectivity index (χ1n) is 12.1. The summed E-state index contributed by atoms with van der Waals surface area (Å²) in [6.07, 6.45) is 0.911. The van der Waals surface area contributed by atoms with Gasteiger partial charge in [0.05, 0.1) is 11.2 Å². The maximum atomic E-state index is 6.34. The van der Waals surface area contributed by atoms with E-state index in [0.29, 0.717) is 6.61 Å². The van der Waals surface area contributed by atoms with Crippen molar-refractivity contribution in [2.24, 2.45) is 7.05 Å². The Balaban J connectivity index is 1.74. The van der Waals surface area contributed by atoms with E-state index in [1.54, 1.807) is 0 Å². The lowest BCUT2D eigenvalue weighted by atomic mass is 9.77. The van der Waals surface area contributed by atoms with Gasteiger partial charge in [-0.05, 0) is 77.9 Å². The zero-order valence-electron chi connectivity index (χ0n) is 21.6. The molecular formula is C26H37B2NO4. The SMILES string of the molecule is CCOB(OC(C)(C)CC)c1ccc2c3ccc(B4OC(C)(C)C(C)(C)O4)cc3n(C)c2c1. The van der Waals surface area contributed by atoms with E-state index >= 15 is 0 Å². The van der Waals surface area contributed by atoms with Crippen molar-refractivity contribution < 1.29 is 18.6 Å². The number of benzene rings is 2. The minimum atomic E-state index is -0.396. The standard InChI is InChI=1S/C26H37B2NO4/c1-10-24(3,4)31-27(30-11-2)18-12-14-20-21-15-13-19(17-23(21)29(9)22(20)16-18)28-32-25(5,6)26(7,8)33-28/h12-17H,10-11H2,1-9H3. The fourth-order valence-electron chi connectivity index (χ4n) is 4.23. The van der Waals surface area contributed by atoms with Crippen LogP contribution in [0.15, 0.2) is 36.4 Å². The average Bonchev–Trinajstić information content (AvgIpc) is 3.16. The first-order valence-corrected chi connectivity index (χ1v) is 12.1. The average molecular weight is 449 g/mol. The number of hydrogen-bond acceptors (Lipinski definition) is 4. The molecule has 0 unspecified atom stereocenters. The Morgan fingerprint density at radius 1 is 0.939 bits per heavy atom. The summed E-state index contributed by atoms with van der Waals surface area (Å²) in [7, 11) is 1.34. The maximum Gasteiger partial charge on any atom is 0.494 e. The van der Waals surface area contributed by atoms with Crippen molar-refractivity contribution in [3.05, 3.63) is 36.4 Å². The van der Waals surface area contributed by atoms with E-state index in [2.05, 4.69) is 96.5 Å². The monoisotopic (exact) mass is 449 g/mol. The first-order chi connectivity index (χ1) is 15.4. The highest BCUT2D eigenvalue weighted by atomic mass is 16.7. The van der Waals surface area contributed by atoms with E-state index in [1.165, 1.54) is 10.8 Å². The van der Waals surface area contributed by atoms with Crippen LogP contribution in [0.4, 0.5) is 0 Å². The minimum absolute atomic E-state index is 0.258. The van der Waals surface area contributed by atoms with Gasteiger partial charge in [0, 0.05) is 41.1 Å². The molecule has 33 heavy (non-hydrogen) atoms. The number of hydrogen-bond donors (Lipinski definition) is 0. The van der Waals surface area contributed by atoms with Gasteiger partial charge in [-0.2, -0.15) is 0 Å². The van der Waals surface area contributed by atoms with Gasteiger partial charge >= 0.3 is 14.2 Å². The largest absolute Gasteiger partial charge is 0.494 e. The van der Waals surface area contributed by atoms with Crippen LogP contribution in [0, 0.1) is 0 Å². The third-order valence-corrected chi connectivity index (χ3v) is 7.45. The molecule has 1 aromatic heterocycles. The quantitative estimate of drug-likeness (QED) is 0.496. The molecule has 1 fully saturated rings. The third-order valence-electron chi connectivity index (χ3n) is 7.45. The summed E-state index contributed by atoms with van der Waals surface area (Å²) in [5.74, 6) is 0. The second-order valence-electron chi connectivity index (χ2n) is 10.7. The van der Waals surface area contributed by atoms with Crippen molar-refractivity contribution in [3.63, 3.8) is 0 Å². The first kappa shape index (κ1) is 24.3. The molecule has 0 spiro atoms. The molecule has 3 aromatic rings. The van der Waals surface area contributed by atoms with Crippen molar-refractivity contribution >= 4 is 47.0 Å². The highest BCUT2D eigenvalue weighted by Crippen LogP contribution is 2.37. The van der Waals surface area contributed by atoms with E-state index < -0.39 is 7.12 Å². The maximum absolute atomic E-state index is 6.34. The van der Waals surface area contributed by atoms with E-state index in [1.807, 2.05) is 6.92 Å². The van der Waals surface area contributed by atoms with Gasteiger partial charge in [-0.15, -0.1) is 0 Å². The highest BCUT2D eigenvalue weighted by molar-refractivity contribution is 6.62. The molecule has 0 atom stereocenters. The van der Waals surface area contributed by atoms with Crippen molar-refractivity contribution in [2.45, 2.75) is 78.6 Å². The predicted molar refractivity (Wildman–Crippen MR) is 139 cm³/mol. The molecule has 0 radical (unpaired) electrons. The van der Waals surface area contributed by atoms with Crippen LogP contribution in [0.2, 0.25) is 0 Å². The van der Waals surface area contributed by atoms with Crippen LogP contribution >= 0.6 is 0 Å². The van der Waals surface area contributed by atoms with Gasteiger partial charge in [0.25, 0.3) is 0 Å². The smallest absolute Gasteiger partial charge is 0.408 e. The van der Waals surface area contributed by atoms with E-state index in [4.69, 9.17) is 18.6 Å². The van der Waals surface area contributed by atoms with Gasteiger partial charge in [0.2, 0.25) is 0 Å². The normalized spacial score (nSPS) is 17.9. The fourth-order valence-corrected chi connectivity index (χ4v) is 4.23. The lowest BCUT2D eigenvalue weighted by molar-refractivity contribution is 0.00578. The molecule has 5 nitrogen and oxygen atoms in total. The lowest BCUT2D eigenvalue weighted by Crippen LogP contribution is -2.43. The van der Waals surface area contributed by atoms with Crippen molar-refractivity contribution in [1.82, 2.24) is 4.57 Å².